The van der Waals surface area contributed by atoms with E-state index in [4.69, 9.17) is 0 Å². The van der Waals surface area contributed by atoms with Gasteiger partial charge in [-0.15, -0.1) is 11.3 Å². The zero-order chi connectivity index (χ0) is 15.6. The van der Waals surface area contributed by atoms with Crippen molar-refractivity contribution in [3.05, 3.63) is 50.1 Å². The number of hydrogen-bond donors (Lipinski definition) is 1. The van der Waals surface area contributed by atoms with E-state index >= 15 is 0 Å². The summed E-state index contributed by atoms with van der Waals surface area (Å²) in [5, 5.41) is 11.7. The fraction of sp³-hybridized carbons (Fsp3) is 0.200. The number of halogens is 1. The van der Waals surface area contributed by atoms with Crippen molar-refractivity contribution >= 4 is 39.0 Å². The van der Waals surface area contributed by atoms with Crippen LogP contribution in [0.4, 0.5) is 0 Å². The maximum Gasteiger partial charge on any atom is 0.254 e. The minimum absolute atomic E-state index is 0.166. The van der Waals surface area contributed by atoms with Crippen LogP contribution >= 0.6 is 27.3 Å². The average molecular weight is 368 g/mol. The lowest BCUT2D eigenvalue weighted by Gasteiger charge is -2.16. The van der Waals surface area contributed by atoms with Crippen molar-refractivity contribution in [2.75, 3.05) is 7.05 Å². The minimum Gasteiger partial charge on any atom is -0.507 e. The molecule has 21 heavy (non-hydrogen) atoms. The molecule has 1 amide bonds. The van der Waals surface area contributed by atoms with E-state index in [1.165, 1.54) is 19.1 Å². The molecule has 6 heteroatoms. The van der Waals surface area contributed by atoms with Gasteiger partial charge in [0.05, 0.1) is 12.1 Å². The topological polar surface area (TPSA) is 57.6 Å². The minimum atomic E-state index is -0.233. The molecule has 1 aromatic heterocycles. The van der Waals surface area contributed by atoms with Gasteiger partial charge in [-0.2, -0.15) is 0 Å². The van der Waals surface area contributed by atoms with E-state index in [1.54, 1.807) is 29.4 Å². The van der Waals surface area contributed by atoms with Gasteiger partial charge in [0, 0.05) is 27.3 Å². The Hall–Kier alpha value is -1.66. The quantitative estimate of drug-likeness (QED) is 0.838. The second-order valence-electron chi connectivity index (χ2n) is 4.68. The molecule has 1 heterocycles. The molecular weight excluding hydrogens is 354 g/mol. The summed E-state index contributed by atoms with van der Waals surface area (Å²) in [7, 11) is 1.70. The molecule has 0 saturated carbocycles. The number of benzene rings is 1. The van der Waals surface area contributed by atoms with Crippen molar-refractivity contribution in [2.45, 2.75) is 13.5 Å². The van der Waals surface area contributed by atoms with Gasteiger partial charge in [0.1, 0.15) is 5.75 Å². The van der Waals surface area contributed by atoms with Crippen LogP contribution in [0.2, 0.25) is 0 Å². The molecular formula is C15H14BrNO3S. The van der Waals surface area contributed by atoms with Crippen molar-refractivity contribution in [3.8, 4) is 5.75 Å². The monoisotopic (exact) mass is 367 g/mol. The largest absolute Gasteiger partial charge is 0.507 e. The third-order valence-electron chi connectivity index (χ3n) is 2.99. The Morgan fingerprint density at radius 2 is 2.05 bits per heavy atom. The summed E-state index contributed by atoms with van der Waals surface area (Å²) < 4.78 is 0.992. The van der Waals surface area contributed by atoms with Crippen LogP contribution < -0.4 is 0 Å². The second-order valence-corrected chi connectivity index (χ2v) is 6.59. The van der Waals surface area contributed by atoms with Crippen molar-refractivity contribution in [2.24, 2.45) is 0 Å². The molecule has 0 unspecified atom stereocenters. The molecule has 0 saturated heterocycles. The van der Waals surface area contributed by atoms with Gasteiger partial charge in [0.25, 0.3) is 5.91 Å². The smallest absolute Gasteiger partial charge is 0.254 e. The number of carbonyl (C=O) groups is 2. The highest BCUT2D eigenvalue weighted by molar-refractivity contribution is 9.10. The van der Waals surface area contributed by atoms with Gasteiger partial charge in [0.15, 0.2) is 5.78 Å². The molecule has 4 nitrogen and oxygen atoms in total. The Kier molecular flexibility index (Phi) is 4.80. The number of amides is 1. The van der Waals surface area contributed by atoms with Gasteiger partial charge in [-0.25, -0.2) is 0 Å². The van der Waals surface area contributed by atoms with Crippen LogP contribution in [0, 0.1) is 0 Å². The van der Waals surface area contributed by atoms with Crippen LogP contribution in [0.3, 0.4) is 0 Å². The number of phenolic OH excluding ortho intramolecular Hbond substituents is 1. The molecule has 1 N–H and O–H groups in total. The van der Waals surface area contributed by atoms with Crippen LogP contribution in [0.1, 0.15) is 32.5 Å². The molecule has 0 aliphatic carbocycles. The Labute approximate surface area is 135 Å². The molecule has 0 spiro atoms. The van der Waals surface area contributed by atoms with Crippen LogP contribution in [0.5, 0.6) is 5.75 Å². The summed E-state index contributed by atoms with van der Waals surface area (Å²) in [4.78, 5) is 26.2. The Bertz CT molecular complexity index is 696. The fourth-order valence-electron chi connectivity index (χ4n) is 1.93. The van der Waals surface area contributed by atoms with Crippen LogP contribution in [-0.2, 0) is 6.54 Å². The Morgan fingerprint density at radius 1 is 1.33 bits per heavy atom. The van der Waals surface area contributed by atoms with Crippen molar-refractivity contribution in [1.82, 2.24) is 4.90 Å². The van der Waals surface area contributed by atoms with Crippen molar-refractivity contribution in [1.29, 1.82) is 0 Å². The first-order valence-corrected chi connectivity index (χ1v) is 7.88. The molecule has 0 fully saturated rings. The van der Waals surface area contributed by atoms with Crippen LogP contribution in [0.25, 0.3) is 0 Å². The number of phenols is 1. The highest BCUT2D eigenvalue weighted by atomic mass is 79.9. The standard InChI is InChI=1S/C15H14BrNO3S/c1-9(18)13-4-3-10(5-14(13)19)15(20)17(2)7-12-6-11(16)8-21-12/h3-6,8,19H,7H2,1-2H3. The molecule has 2 rings (SSSR count). The number of carbonyl (C=O) groups excluding carboxylic acids is 2. The number of aromatic hydroxyl groups is 1. The first-order chi connectivity index (χ1) is 9.88. The molecule has 2 aromatic rings. The first kappa shape index (κ1) is 15.7. The van der Waals surface area contributed by atoms with E-state index in [9.17, 15) is 14.7 Å². The van der Waals surface area contributed by atoms with Gasteiger partial charge >= 0.3 is 0 Å². The van der Waals surface area contributed by atoms with Gasteiger partial charge in [-0.1, -0.05) is 0 Å². The van der Waals surface area contributed by atoms with Crippen molar-refractivity contribution < 1.29 is 14.7 Å². The zero-order valence-corrected chi connectivity index (χ0v) is 14.0. The van der Waals surface area contributed by atoms with Crippen LogP contribution in [0.15, 0.2) is 34.1 Å². The number of nitrogens with zero attached hydrogens (tertiary/aromatic N) is 1. The van der Waals surface area contributed by atoms with Gasteiger partial charge in [-0.05, 0) is 47.1 Å². The summed E-state index contributed by atoms with van der Waals surface area (Å²) in [5.74, 6) is -0.603. The summed E-state index contributed by atoms with van der Waals surface area (Å²) in [5.41, 5.74) is 0.576. The SMILES string of the molecule is CC(=O)c1ccc(C(=O)N(C)Cc2cc(Br)cs2)cc1O. The summed E-state index contributed by atoms with van der Waals surface area (Å²) in [6.07, 6.45) is 0. The highest BCUT2D eigenvalue weighted by Gasteiger charge is 2.16. The predicted molar refractivity (Wildman–Crippen MR) is 85.9 cm³/mol. The van der Waals surface area contributed by atoms with Gasteiger partial charge in [-0.3, -0.25) is 9.59 Å². The second kappa shape index (κ2) is 6.41. The van der Waals surface area contributed by atoms with E-state index in [2.05, 4.69) is 15.9 Å². The van der Waals surface area contributed by atoms with E-state index in [-0.39, 0.29) is 23.0 Å². The first-order valence-electron chi connectivity index (χ1n) is 6.21. The zero-order valence-electron chi connectivity index (χ0n) is 11.6. The third-order valence-corrected chi connectivity index (χ3v) is 4.67. The van der Waals surface area contributed by atoms with Crippen molar-refractivity contribution in [3.63, 3.8) is 0 Å². The summed E-state index contributed by atoms with van der Waals surface area (Å²) in [6, 6.07) is 6.32. The molecule has 0 aliphatic heterocycles. The Morgan fingerprint density at radius 3 is 2.57 bits per heavy atom. The molecule has 1 aromatic carbocycles. The van der Waals surface area contributed by atoms with E-state index in [1.807, 2.05) is 11.4 Å². The lowest BCUT2D eigenvalue weighted by Crippen LogP contribution is -2.25. The Balaban J connectivity index is 2.15. The average Bonchev–Trinajstić information content (AvgIpc) is 2.82. The normalized spacial score (nSPS) is 10.4. The molecule has 0 aliphatic rings. The van der Waals surface area contributed by atoms with E-state index < -0.39 is 0 Å². The molecule has 110 valence electrons. The lowest BCUT2D eigenvalue weighted by molar-refractivity contribution is 0.0785. The maximum absolute atomic E-state index is 12.3. The predicted octanol–water partition coefficient (Wildman–Crippen LogP) is 3.69. The highest BCUT2D eigenvalue weighted by Crippen LogP contribution is 2.23. The van der Waals surface area contributed by atoms with E-state index in [0.29, 0.717) is 12.1 Å². The third kappa shape index (κ3) is 3.71. The number of thiophene rings is 1. The van der Waals surface area contributed by atoms with Gasteiger partial charge < -0.3 is 10.0 Å². The van der Waals surface area contributed by atoms with E-state index in [0.717, 1.165) is 9.35 Å². The molecule has 0 bridgehead atoms. The number of Topliss-reactive ketones (excluding diaryl/α,β-unsaturated/α-hetero) is 1. The molecule has 0 atom stereocenters. The number of hydrogen-bond acceptors (Lipinski definition) is 4. The molecule has 0 radical (unpaired) electrons. The number of rotatable bonds is 4. The summed E-state index contributed by atoms with van der Waals surface area (Å²) >= 11 is 4.94. The summed E-state index contributed by atoms with van der Waals surface area (Å²) in [6.45, 7) is 1.86. The van der Waals surface area contributed by atoms with Gasteiger partial charge in [0.2, 0.25) is 0 Å². The fourth-order valence-corrected chi connectivity index (χ4v) is 3.43. The maximum atomic E-state index is 12.3. The number of ketones is 1. The lowest BCUT2D eigenvalue weighted by atomic mass is 10.1. The van der Waals surface area contributed by atoms with Crippen LogP contribution in [-0.4, -0.2) is 28.7 Å².